The number of nitrogens with one attached hydrogen (secondary N) is 1. The molecule has 0 saturated carbocycles. The Morgan fingerprint density at radius 3 is 2.59 bits per heavy atom. The lowest BCUT2D eigenvalue weighted by molar-refractivity contribution is -0.124. The zero-order valence-electron chi connectivity index (χ0n) is 18.9. The summed E-state index contributed by atoms with van der Waals surface area (Å²) < 4.78 is 16.7. The molecule has 0 bridgehead atoms. The third kappa shape index (κ3) is 4.75. The fourth-order valence-electron chi connectivity index (χ4n) is 3.49. The van der Waals surface area contributed by atoms with Crippen molar-refractivity contribution in [3.05, 3.63) is 76.8 Å². The summed E-state index contributed by atoms with van der Waals surface area (Å²) in [6.07, 6.45) is -0.748. The second-order valence-electron chi connectivity index (χ2n) is 7.63. The molecule has 0 radical (unpaired) electrons. The van der Waals surface area contributed by atoms with Crippen LogP contribution in [0.5, 0.6) is 5.75 Å². The maximum absolute atomic E-state index is 13.1. The van der Waals surface area contributed by atoms with Gasteiger partial charge in [-0.05, 0) is 49.2 Å². The van der Waals surface area contributed by atoms with Gasteiger partial charge in [-0.1, -0.05) is 42.8 Å². The van der Waals surface area contributed by atoms with E-state index in [9.17, 15) is 9.59 Å². The van der Waals surface area contributed by atoms with E-state index in [1.165, 1.54) is 7.11 Å². The lowest BCUT2D eigenvalue weighted by atomic mass is 10.1. The molecule has 4 rings (SSSR count). The molecule has 0 aliphatic carbocycles. The van der Waals surface area contributed by atoms with Crippen LogP contribution in [0.15, 0.2) is 65.1 Å². The molecule has 0 saturated heterocycles. The predicted octanol–water partition coefficient (Wildman–Crippen LogP) is 6.04. The average molecular weight is 479 g/mol. The van der Waals surface area contributed by atoms with Crippen molar-refractivity contribution >= 4 is 40.3 Å². The van der Waals surface area contributed by atoms with Crippen LogP contribution in [0.4, 0.5) is 5.69 Å². The number of oxazole rings is 1. The molecule has 34 heavy (non-hydrogen) atoms. The second kappa shape index (κ2) is 9.97. The number of methoxy groups -OCH3 is 1. The van der Waals surface area contributed by atoms with Gasteiger partial charge in [0.05, 0.1) is 23.9 Å². The molecule has 7 nitrogen and oxygen atoms in total. The first-order valence-electron chi connectivity index (χ1n) is 10.7. The summed E-state index contributed by atoms with van der Waals surface area (Å²) in [6.45, 7) is 3.58. The van der Waals surface area contributed by atoms with E-state index >= 15 is 0 Å². The molecule has 1 heterocycles. The fraction of sp³-hybridized carbons (Fsp3) is 0.192. The molecule has 0 aliphatic rings. The first-order valence-corrected chi connectivity index (χ1v) is 11.1. The Morgan fingerprint density at radius 2 is 1.85 bits per heavy atom. The average Bonchev–Trinajstić information content (AvgIpc) is 3.28. The largest absolute Gasteiger partial charge is 0.495 e. The molecule has 8 heteroatoms. The van der Waals surface area contributed by atoms with Crippen molar-refractivity contribution in [1.29, 1.82) is 0 Å². The topological polar surface area (TPSA) is 90.7 Å². The molecule has 1 unspecified atom stereocenters. The molecule has 1 amide bonds. The number of fused-ring (bicyclic) bond motifs is 1. The quantitative estimate of drug-likeness (QED) is 0.326. The van der Waals surface area contributed by atoms with Gasteiger partial charge in [-0.25, -0.2) is 9.78 Å². The Kier molecular flexibility index (Phi) is 6.84. The van der Waals surface area contributed by atoms with E-state index in [4.69, 9.17) is 25.5 Å². The van der Waals surface area contributed by atoms with Crippen molar-refractivity contribution in [2.24, 2.45) is 0 Å². The molecule has 0 spiro atoms. The third-order valence-corrected chi connectivity index (χ3v) is 5.73. The number of para-hydroxylation sites is 2. The number of nitrogens with zero attached hydrogens (tertiary/aromatic N) is 1. The molecule has 1 aromatic heterocycles. The lowest BCUT2D eigenvalue weighted by Crippen LogP contribution is -2.32. The molecular formula is C26H23ClN2O5. The van der Waals surface area contributed by atoms with Gasteiger partial charge in [0.1, 0.15) is 11.3 Å². The number of benzene rings is 3. The fourth-order valence-corrected chi connectivity index (χ4v) is 3.65. The molecular weight excluding hydrogens is 456 g/mol. The highest BCUT2D eigenvalue weighted by Crippen LogP contribution is 2.32. The van der Waals surface area contributed by atoms with Gasteiger partial charge in [0.15, 0.2) is 11.7 Å². The highest BCUT2D eigenvalue weighted by Gasteiger charge is 2.26. The number of hydrogen-bond acceptors (Lipinski definition) is 6. The zero-order chi connectivity index (χ0) is 24.2. The molecule has 0 aliphatic heterocycles. The van der Waals surface area contributed by atoms with E-state index in [0.29, 0.717) is 39.0 Å². The van der Waals surface area contributed by atoms with Crippen molar-refractivity contribution in [3.8, 4) is 17.2 Å². The highest BCUT2D eigenvalue weighted by molar-refractivity contribution is 6.31. The molecule has 3 aromatic carbocycles. The van der Waals surface area contributed by atoms with E-state index in [-0.39, 0.29) is 12.0 Å². The molecule has 4 aromatic rings. The van der Waals surface area contributed by atoms with Crippen LogP contribution in [0.2, 0.25) is 5.02 Å². The van der Waals surface area contributed by atoms with Crippen LogP contribution in [0, 0.1) is 6.92 Å². The summed E-state index contributed by atoms with van der Waals surface area (Å²) in [4.78, 5) is 30.5. The van der Waals surface area contributed by atoms with Crippen LogP contribution in [-0.4, -0.2) is 30.1 Å². The van der Waals surface area contributed by atoms with Gasteiger partial charge in [0.25, 0.3) is 5.91 Å². The predicted molar refractivity (Wildman–Crippen MR) is 130 cm³/mol. The van der Waals surface area contributed by atoms with Crippen LogP contribution in [0.3, 0.4) is 0 Å². The third-order valence-electron chi connectivity index (χ3n) is 5.32. The summed E-state index contributed by atoms with van der Waals surface area (Å²) in [5.41, 5.74) is 3.23. The van der Waals surface area contributed by atoms with Gasteiger partial charge >= 0.3 is 5.97 Å². The first kappa shape index (κ1) is 23.3. The van der Waals surface area contributed by atoms with Gasteiger partial charge < -0.3 is 19.2 Å². The number of esters is 1. The monoisotopic (exact) mass is 478 g/mol. The summed E-state index contributed by atoms with van der Waals surface area (Å²) in [5.74, 6) is -0.423. The Morgan fingerprint density at radius 1 is 1.12 bits per heavy atom. The Balaban J connectivity index is 1.56. The zero-order valence-corrected chi connectivity index (χ0v) is 19.7. The van der Waals surface area contributed by atoms with E-state index in [2.05, 4.69) is 10.3 Å². The summed E-state index contributed by atoms with van der Waals surface area (Å²) >= 11 is 6.14. The molecule has 1 N–H and O–H groups in total. The van der Waals surface area contributed by atoms with E-state index in [1.807, 2.05) is 25.1 Å². The summed E-state index contributed by atoms with van der Waals surface area (Å²) in [5, 5.41) is 3.29. The number of halogens is 1. The van der Waals surface area contributed by atoms with Crippen LogP contribution in [-0.2, 0) is 9.53 Å². The van der Waals surface area contributed by atoms with E-state index in [0.717, 1.165) is 5.56 Å². The number of rotatable bonds is 7. The number of carbonyl (C=O) groups is 2. The van der Waals surface area contributed by atoms with Crippen molar-refractivity contribution in [2.75, 3.05) is 12.4 Å². The van der Waals surface area contributed by atoms with Gasteiger partial charge in [0, 0.05) is 11.1 Å². The first-order chi connectivity index (χ1) is 16.4. The minimum atomic E-state index is -1.02. The smallest absolute Gasteiger partial charge is 0.339 e. The standard InChI is InChI=1S/C26H23ClN2O5/c1-4-21(24(30)28-20-13-15(2)18(27)14-23(20)32-3)34-26(31)17-10-6-5-9-16(17)25-29-19-11-7-8-12-22(19)33-25/h5-14,21H,4H2,1-3H3,(H,28,30). The number of aryl methyl sites for hydroxylation is 1. The SMILES string of the molecule is CCC(OC(=O)c1ccccc1-c1nc2ccccc2o1)C(=O)Nc1cc(C)c(Cl)cc1OC. The lowest BCUT2D eigenvalue weighted by Gasteiger charge is -2.18. The van der Waals surface area contributed by atoms with Gasteiger partial charge in [-0.15, -0.1) is 0 Å². The van der Waals surface area contributed by atoms with Crippen LogP contribution >= 0.6 is 11.6 Å². The number of aromatic nitrogens is 1. The maximum atomic E-state index is 13.1. The number of ether oxygens (including phenoxy) is 2. The maximum Gasteiger partial charge on any atom is 0.339 e. The van der Waals surface area contributed by atoms with Gasteiger partial charge in [0.2, 0.25) is 5.89 Å². The second-order valence-corrected chi connectivity index (χ2v) is 8.03. The molecule has 1 atom stereocenters. The van der Waals surface area contributed by atoms with Gasteiger partial charge in [-0.3, -0.25) is 4.79 Å². The highest BCUT2D eigenvalue weighted by atomic mass is 35.5. The number of hydrogen-bond donors (Lipinski definition) is 1. The van der Waals surface area contributed by atoms with Crippen LogP contribution in [0.25, 0.3) is 22.6 Å². The van der Waals surface area contributed by atoms with E-state index < -0.39 is 18.0 Å². The van der Waals surface area contributed by atoms with Crippen LogP contribution < -0.4 is 10.1 Å². The number of amides is 1. The summed E-state index contributed by atoms with van der Waals surface area (Å²) in [7, 11) is 1.48. The number of anilines is 1. The molecule has 174 valence electrons. The Bertz CT molecular complexity index is 1330. The molecule has 0 fully saturated rings. The van der Waals surface area contributed by atoms with Crippen molar-refractivity contribution in [2.45, 2.75) is 26.4 Å². The van der Waals surface area contributed by atoms with Crippen molar-refractivity contribution < 1.29 is 23.5 Å². The minimum Gasteiger partial charge on any atom is -0.495 e. The van der Waals surface area contributed by atoms with E-state index in [1.54, 1.807) is 49.4 Å². The van der Waals surface area contributed by atoms with Crippen molar-refractivity contribution in [3.63, 3.8) is 0 Å². The van der Waals surface area contributed by atoms with Crippen LogP contribution in [0.1, 0.15) is 29.3 Å². The number of carbonyl (C=O) groups excluding carboxylic acids is 2. The Hall–Kier alpha value is -3.84. The minimum absolute atomic E-state index is 0.250. The van der Waals surface area contributed by atoms with Crippen molar-refractivity contribution in [1.82, 2.24) is 4.98 Å². The Labute approximate surface area is 201 Å². The van der Waals surface area contributed by atoms with Gasteiger partial charge in [-0.2, -0.15) is 0 Å². The normalized spacial score (nSPS) is 11.8. The summed E-state index contributed by atoms with van der Waals surface area (Å²) in [6, 6.07) is 17.5.